The van der Waals surface area contributed by atoms with Crippen LogP contribution in [0.5, 0.6) is 5.75 Å². The number of aliphatic hydroxyl groups excluding tert-OH is 1. The first kappa shape index (κ1) is 12.3. The van der Waals surface area contributed by atoms with Crippen molar-refractivity contribution >= 4 is 11.6 Å². The van der Waals surface area contributed by atoms with E-state index < -0.39 is 0 Å². The molecule has 2 unspecified atom stereocenters. The van der Waals surface area contributed by atoms with Gasteiger partial charge in [0.2, 0.25) is 0 Å². The molecule has 0 radical (unpaired) electrons. The minimum absolute atomic E-state index is 0.136. The molecule has 1 N–H and O–H groups in total. The Balaban J connectivity index is 1.89. The van der Waals surface area contributed by atoms with Crippen molar-refractivity contribution in [1.29, 1.82) is 0 Å². The van der Waals surface area contributed by atoms with E-state index in [0.717, 1.165) is 49.5 Å². The Bertz CT molecular complexity index is 472. The van der Waals surface area contributed by atoms with Crippen LogP contribution in [-0.4, -0.2) is 17.8 Å². The molecule has 3 rings (SSSR count). The Morgan fingerprint density at radius 1 is 1.50 bits per heavy atom. The number of fused-ring (bicyclic) bond motifs is 1. The van der Waals surface area contributed by atoms with E-state index in [0.29, 0.717) is 0 Å². The third-order valence-corrected chi connectivity index (χ3v) is 4.47. The van der Waals surface area contributed by atoms with Gasteiger partial charge in [-0.2, -0.15) is 0 Å². The van der Waals surface area contributed by atoms with Crippen LogP contribution in [0.25, 0.3) is 0 Å². The molecule has 2 nitrogen and oxygen atoms in total. The van der Waals surface area contributed by atoms with Gasteiger partial charge in [-0.1, -0.05) is 18.5 Å². The van der Waals surface area contributed by atoms with Crippen molar-refractivity contribution in [1.82, 2.24) is 0 Å². The maximum Gasteiger partial charge on any atom is 0.125 e. The van der Waals surface area contributed by atoms with Gasteiger partial charge in [-0.3, -0.25) is 0 Å². The number of ether oxygens (including phenoxy) is 1. The largest absolute Gasteiger partial charge is 0.493 e. The molecule has 18 heavy (non-hydrogen) atoms. The topological polar surface area (TPSA) is 29.5 Å². The summed E-state index contributed by atoms with van der Waals surface area (Å²) in [7, 11) is 0. The highest BCUT2D eigenvalue weighted by Crippen LogP contribution is 2.44. The van der Waals surface area contributed by atoms with Crippen molar-refractivity contribution < 1.29 is 9.84 Å². The lowest BCUT2D eigenvalue weighted by Crippen LogP contribution is -2.17. The van der Waals surface area contributed by atoms with Crippen molar-refractivity contribution in [2.24, 2.45) is 5.41 Å². The lowest BCUT2D eigenvalue weighted by molar-refractivity contribution is 0.163. The molecule has 2 atom stereocenters. The average Bonchev–Trinajstić information content (AvgIpc) is 2.85. The van der Waals surface area contributed by atoms with Crippen LogP contribution in [0.15, 0.2) is 12.1 Å². The van der Waals surface area contributed by atoms with Gasteiger partial charge in [-0.25, -0.2) is 0 Å². The Labute approximate surface area is 113 Å². The highest BCUT2D eigenvalue weighted by Gasteiger charge is 2.35. The van der Waals surface area contributed by atoms with Gasteiger partial charge in [0.15, 0.2) is 0 Å². The first-order valence-electron chi connectivity index (χ1n) is 6.68. The molecule has 0 spiro atoms. The second-order valence-corrected chi connectivity index (χ2v) is 6.47. The van der Waals surface area contributed by atoms with E-state index in [1.54, 1.807) is 0 Å². The molecule has 0 saturated heterocycles. The highest BCUT2D eigenvalue weighted by molar-refractivity contribution is 6.30. The van der Waals surface area contributed by atoms with Gasteiger partial charge in [-0.15, -0.1) is 0 Å². The van der Waals surface area contributed by atoms with Gasteiger partial charge in [-0.05, 0) is 54.4 Å². The molecule has 1 saturated carbocycles. The maximum absolute atomic E-state index is 9.73. The molecule has 1 aromatic carbocycles. The first-order chi connectivity index (χ1) is 8.56. The summed E-state index contributed by atoms with van der Waals surface area (Å²) >= 11 is 6.18. The zero-order chi connectivity index (χ0) is 12.8. The third kappa shape index (κ3) is 2.24. The van der Waals surface area contributed by atoms with Crippen molar-refractivity contribution in [3.8, 4) is 5.75 Å². The molecule has 1 aromatic rings. The summed E-state index contributed by atoms with van der Waals surface area (Å²) in [5.41, 5.74) is 2.63. The molecular weight excluding hydrogens is 248 g/mol. The van der Waals surface area contributed by atoms with Crippen LogP contribution >= 0.6 is 11.6 Å². The van der Waals surface area contributed by atoms with Crippen LogP contribution in [0.2, 0.25) is 5.02 Å². The second-order valence-electron chi connectivity index (χ2n) is 6.04. The summed E-state index contributed by atoms with van der Waals surface area (Å²) in [4.78, 5) is 0. The quantitative estimate of drug-likeness (QED) is 0.889. The summed E-state index contributed by atoms with van der Waals surface area (Å²) in [6.07, 6.45) is 4.65. The molecule has 0 aromatic heterocycles. The van der Waals surface area contributed by atoms with E-state index in [1.807, 2.05) is 12.1 Å². The normalized spacial score (nSPS) is 30.3. The molecule has 1 fully saturated rings. The van der Waals surface area contributed by atoms with E-state index >= 15 is 0 Å². The zero-order valence-electron chi connectivity index (χ0n) is 10.7. The van der Waals surface area contributed by atoms with Gasteiger partial charge >= 0.3 is 0 Å². The molecule has 98 valence electrons. The zero-order valence-corrected chi connectivity index (χ0v) is 11.5. The van der Waals surface area contributed by atoms with Crippen molar-refractivity contribution in [3.05, 3.63) is 28.3 Å². The molecule has 1 aliphatic carbocycles. The fourth-order valence-electron chi connectivity index (χ4n) is 3.39. The number of hydrogen-bond donors (Lipinski definition) is 1. The molecule has 3 heteroatoms. The Kier molecular flexibility index (Phi) is 3.03. The second kappa shape index (κ2) is 4.43. The van der Waals surface area contributed by atoms with E-state index in [9.17, 15) is 5.11 Å². The van der Waals surface area contributed by atoms with Crippen LogP contribution < -0.4 is 4.74 Å². The summed E-state index contributed by atoms with van der Waals surface area (Å²) < 4.78 is 5.75. The number of hydrogen-bond acceptors (Lipinski definition) is 2. The van der Waals surface area contributed by atoms with Gasteiger partial charge in [0.1, 0.15) is 5.75 Å². The molecule has 0 amide bonds. The standard InChI is InChI=1S/C15H19ClO2/c1-15(4-2-13(17)9-15)8-11-7-12(16)6-10-3-5-18-14(10)11/h6-7,13,17H,2-5,8-9H2,1H3. The maximum atomic E-state index is 9.73. The van der Waals surface area contributed by atoms with Gasteiger partial charge in [0.05, 0.1) is 12.7 Å². The van der Waals surface area contributed by atoms with Crippen LogP contribution in [-0.2, 0) is 12.8 Å². The van der Waals surface area contributed by atoms with Crippen molar-refractivity contribution in [2.75, 3.05) is 6.61 Å². The van der Waals surface area contributed by atoms with E-state index in [1.165, 1.54) is 11.1 Å². The Hall–Kier alpha value is -0.730. The van der Waals surface area contributed by atoms with Crippen LogP contribution in [0.4, 0.5) is 0 Å². The summed E-state index contributed by atoms with van der Waals surface area (Å²) in [5, 5.41) is 10.5. The predicted molar refractivity (Wildman–Crippen MR) is 72.3 cm³/mol. The Morgan fingerprint density at radius 3 is 3.06 bits per heavy atom. The molecule has 2 aliphatic rings. The number of benzene rings is 1. The minimum atomic E-state index is -0.136. The number of rotatable bonds is 2. The third-order valence-electron chi connectivity index (χ3n) is 4.25. The smallest absolute Gasteiger partial charge is 0.125 e. The van der Waals surface area contributed by atoms with E-state index in [-0.39, 0.29) is 11.5 Å². The van der Waals surface area contributed by atoms with Crippen LogP contribution in [0.3, 0.4) is 0 Å². The fourth-order valence-corrected chi connectivity index (χ4v) is 3.65. The van der Waals surface area contributed by atoms with Crippen LogP contribution in [0, 0.1) is 5.41 Å². The minimum Gasteiger partial charge on any atom is -0.493 e. The van der Waals surface area contributed by atoms with Crippen molar-refractivity contribution in [3.63, 3.8) is 0 Å². The molecule has 0 bridgehead atoms. The molecular formula is C15H19ClO2. The van der Waals surface area contributed by atoms with E-state index in [4.69, 9.17) is 16.3 Å². The van der Waals surface area contributed by atoms with Gasteiger partial charge in [0.25, 0.3) is 0 Å². The number of halogens is 1. The van der Waals surface area contributed by atoms with Gasteiger partial charge < -0.3 is 9.84 Å². The molecule has 1 aliphatic heterocycles. The van der Waals surface area contributed by atoms with Crippen molar-refractivity contribution in [2.45, 2.75) is 45.1 Å². The lowest BCUT2D eigenvalue weighted by atomic mass is 9.81. The van der Waals surface area contributed by atoms with Crippen LogP contribution in [0.1, 0.15) is 37.3 Å². The fraction of sp³-hybridized carbons (Fsp3) is 0.600. The predicted octanol–water partition coefficient (Wildman–Crippen LogP) is 3.37. The lowest BCUT2D eigenvalue weighted by Gasteiger charge is -2.24. The number of aliphatic hydroxyl groups is 1. The van der Waals surface area contributed by atoms with Gasteiger partial charge in [0, 0.05) is 11.4 Å². The summed E-state index contributed by atoms with van der Waals surface area (Å²) in [6, 6.07) is 4.04. The molecule has 1 heterocycles. The SMILES string of the molecule is CC1(Cc2cc(Cl)cc3c2OCC3)CCC(O)C1. The summed E-state index contributed by atoms with van der Waals surface area (Å²) in [6.45, 7) is 3.02. The summed E-state index contributed by atoms with van der Waals surface area (Å²) in [5.74, 6) is 1.04. The van der Waals surface area contributed by atoms with E-state index in [2.05, 4.69) is 6.92 Å². The Morgan fingerprint density at radius 2 is 2.33 bits per heavy atom. The average molecular weight is 267 g/mol. The monoisotopic (exact) mass is 266 g/mol. The highest BCUT2D eigenvalue weighted by atomic mass is 35.5. The first-order valence-corrected chi connectivity index (χ1v) is 7.06.